The first-order valence-electron chi connectivity index (χ1n) is 9.03. The number of aryl methyl sites for hydroxylation is 1. The molecular weight excluding hydrogens is 362 g/mol. The van der Waals surface area contributed by atoms with Gasteiger partial charge in [-0.2, -0.15) is 5.26 Å². The van der Waals surface area contributed by atoms with Gasteiger partial charge < -0.3 is 14.4 Å². The van der Waals surface area contributed by atoms with Crippen LogP contribution in [0.2, 0.25) is 0 Å². The number of thiazole rings is 1. The molecule has 0 bridgehead atoms. The van der Waals surface area contributed by atoms with Crippen LogP contribution in [0, 0.1) is 18.3 Å². The summed E-state index contributed by atoms with van der Waals surface area (Å²) in [5.41, 5.74) is 1.71. The zero-order valence-electron chi connectivity index (χ0n) is 15.2. The van der Waals surface area contributed by atoms with Gasteiger partial charge in [-0.25, -0.2) is 4.98 Å². The average Bonchev–Trinajstić information content (AvgIpc) is 3.09. The summed E-state index contributed by atoms with van der Waals surface area (Å²) in [6.45, 7) is 4.29. The highest BCUT2D eigenvalue weighted by Gasteiger charge is 2.49. The Labute approximate surface area is 162 Å². The van der Waals surface area contributed by atoms with E-state index in [4.69, 9.17) is 14.7 Å². The largest absolute Gasteiger partial charge is 0.372 e. The standard InChI is InChI=1S/C20H21N3O3S/c1-14-22-17(11-27-14)10-25-18-5-6-26-20(8-18)12-23(13-20)19(24)16-4-2-3-15(7-16)9-21/h2-4,7,11,18H,5-6,8,10,12-13H2,1H3. The number of hydrogen-bond donors (Lipinski definition) is 0. The van der Waals surface area contributed by atoms with Gasteiger partial charge in [-0.15, -0.1) is 11.3 Å². The lowest BCUT2D eigenvalue weighted by Gasteiger charge is -2.53. The van der Waals surface area contributed by atoms with E-state index in [1.807, 2.05) is 12.3 Å². The molecule has 0 N–H and O–H groups in total. The van der Waals surface area contributed by atoms with E-state index in [9.17, 15) is 4.79 Å². The van der Waals surface area contributed by atoms with Gasteiger partial charge in [0.1, 0.15) is 5.60 Å². The lowest BCUT2D eigenvalue weighted by atomic mass is 9.84. The molecule has 7 heteroatoms. The van der Waals surface area contributed by atoms with Crippen molar-refractivity contribution >= 4 is 17.2 Å². The van der Waals surface area contributed by atoms with Gasteiger partial charge in [-0.1, -0.05) is 6.07 Å². The van der Waals surface area contributed by atoms with Crippen molar-refractivity contribution < 1.29 is 14.3 Å². The molecule has 2 fully saturated rings. The van der Waals surface area contributed by atoms with Crippen LogP contribution in [0.15, 0.2) is 29.6 Å². The molecule has 4 rings (SSSR count). The van der Waals surface area contributed by atoms with Crippen molar-refractivity contribution in [2.75, 3.05) is 19.7 Å². The van der Waals surface area contributed by atoms with Crippen LogP contribution >= 0.6 is 11.3 Å². The number of nitriles is 1. The number of aromatic nitrogens is 1. The molecule has 1 unspecified atom stereocenters. The lowest BCUT2D eigenvalue weighted by Crippen LogP contribution is -2.67. The first-order valence-corrected chi connectivity index (χ1v) is 9.91. The molecule has 0 aliphatic carbocycles. The number of carbonyl (C=O) groups excluding carboxylic acids is 1. The molecule has 1 amide bonds. The van der Waals surface area contributed by atoms with Gasteiger partial charge in [0, 0.05) is 24.0 Å². The minimum absolute atomic E-state index is 0.0534. The maximum Gasteiger partial charge on any atom is 0.254 e. The quantitative estimate of drug-likeness (QED) is 0.811. The summed E-state index contributed by atoms with van der Waals surface area (Å²) < 4.78 is 12.1. The summed E-state index contributed by atoms with van der Waals surface area (Å²) in [6, 6.07) is 8.89. The van der Waals surface area contributed by atoms with Crippen LogP contribution in [-0.2, 0) is 16.1 Å². The Morgan fingerprint density at radius 2 is 2.37 bits per heavy atom. The minimum atomic E-state index is -0.302. The van der Waals surface area contributed by atoms with E-state index < -0.39 is 0 Å². The second-order valence-electron chi connectivity index (χ2n) is 7.17. The van der Waals surface area contributed by atoms with Crippen molar-refractivity contribution in [1.29, 1.82) is 5.26 Å². The molecule has 6 nitrogen and oxygen atoms in total. The normalized spacial score (nSPS) is 20.9. The van der Waals surface area contributed by atoms with Crippen LogP contribution in [0.25, 0.3) is 0 Å². The summed E-state index contributed by atoms with van der Waals surface area (Å²) in [7, 11) is 0. The van der Waals surface area contributed by atoms with Crippen molar-refractivity contribution in [3.05, 3.63) is 51.5 Å². The minimum Gasteiger partial charge on any atom is -0.372 e. The Balaban J connectivity index is 1.32. The first-order chi connectivity index (χ1) is 13.1. The number of benzene rings is 1. The molecule has 1 spiro atoms. The molecule has 2 saturated heterocycles. The molecule has 2 aromatic rings. The van der Waals surface area contributed by atoms with Gasteiger partial charge in [-0.3, -0.25) is 4.79 Å². The maximum absolute atomic E-state index is 12.6. The Bertz CT molecular complexity index is 883. The summed E-state index contributed by atoms with van der Waals surface area (Å²) in [4.78, 5) is 18.9. The fourth-order valence-corrected chi connectivity index (χ4v) is 4.32. The van der Waals surface area contributed by atoms with Crippen LogP contribution in [0.5, 0.6) is 0 Å². The second-order valence-corrected chi connectivity index (χ2v) is 8.23. The summed E-state index contributed by atoms with van der Waals surface area (Å²) in [5, 5.41) is 12.1. The molecule has 2 aliphatic heterocycles. The Morgan fingerprint density at radius 3 is 3.11 bits per heavy atom. The molecule has 27 heavy (non-hydrogen) atoms. The van der Waals surface area contributed by atoms with E-state index in [2.05, 4.69) is 11.1 Å². The molecule has 1 aromatic heterocycles. The van der Waals surface area contributed by atoms with Gasteiger partial charge in [0.05, 0.1) is 48.1 Å². The van der Waals surface area contributed by atoms with E-state index >= 15 is 0 Å². The van der Waals surface area contributed by atoms with Crippen molar-refractivity contribution in [2.24, 2.45) is 0 Å². The van der Waals surface area contributed by atoms with E-state index in [0.29, 0.717) is 37.4 Å². The molecule has 1 aromatic carbocycles. The van der Waals surface area contributed by atoms with Crippen LogP contribution in [0.3, 0.4) is 0 Å². The molecule has 3 heterocycles. The lowest BCUT2D eigenvalue weighted by molar-refractivity contribution is -0.188. The maximum atomic E-state index is 12.6. The molecule has 140 valence electrons. The smallest absolute Gasteiger partial charge is 0.254 e. The third-order valence-corrected chi connectivity index (χ3v) is 5.89. The molecular formula is C20H21N3O3S. The van der Waals surface area contributed by atoms with E-state index in [0.717, 1.165) is 23.5 Å². The number of likely N-dealkylation sites (tertiary alicyclic amines) is 1. The van der Waals surface area contributed by atoms with Crippen LogP contribution in [-0.4, -0.2) is 47.2 Å². The fourth-order valence-electron chi connectivity index (χ4n) is 3.72. The number of carbonyl (C=O) groups is 1. The molecule has 0 radical (unpaired) electrons. The topological polar surface area (TPSA) is 75.5 Å². The monoisotopic (exact) mass is 383 g/mol. The number of nitrogens with zero attached hydrogens (tertiary/aromatic N) is 3. The molecule has 2 aliphatic rings. The summed E-state index contributed by atoms with van der Waals surface area (Å²) in [6.07, 6.45) is 1.78. The third-order valence-electron chi connectivity index (χ3n) is 5.07. The number of rotatable bonds is 4. The number of ether oxygens (including phenoxy) is 2. The Hall–Kier alpha value is -2.27. The fraction of sp³-hybridized carbons (Fsp3) is 0.450. The summed E-state index contributed by atoms with van der Waals surface area (Å²) >= 11 is 1.63. The zero-order chi connectivity index (χ0) is 18.9. The highest BCUT2D eigenvalue weighted by molar-refractivity contribution is 7.09. The van der Waals surface area contributed by atoms with Crippen molar-refractivity contribution in [3.63, 3.8) is 0 Å². The number of hydrogen-bond acceptors (Lipinski definition) is 6. The third kappa shape index (κ3) is 3.88. The van der Waals surface area contributed by atoms with Crippen LogP contribution in [0.4, 0.5) is 0 Å². The average molecular weight is 383 g/mol. The second kappa shape index (κ2) is 7.39. The predicted molar refractivity (Wildman–Crippen MR) is 100 cm³/mol. The Kier molecular flexibility index (Phi) is 4.96. The van der Waals surface area contributed by atoms with E-state index in [-0.39, 0.29) is 17.6 Å². The van der Waals surface area contributed by atoms with Gasteiger partial charge in [-0.05, 0) is 31.5 Å². The Morgan fingerprint density at radius 1 is 1.52 bits per heavy atom. The molecule has 1 atom stereocenters. The predicted octanol–water partition coefficient (Wildman–Crippen LogP) is 2.91. The summed E-state index contributed by atoms with van der Waals surface area (Å²) in [5.74, 6) is -0.0534. The molecule has 0 saturated carbocycles. The van der Waals surface area contributed by atoms with Crippen molar-refractivity contribution in [3.8, 4) is 6.07 Å². The van der Waals surface area contributed by atoms with Crippen LogP contribution < -0.4 is 0 Å². The van der Waals surface area contributed by atoms with Gasteiger partial charge in [0.25, 0.3) is 5.91 Å². The van der Waals surface area contributed by atoms with E-state index in [1.54, 1.807) is 40.5 Å². The SMILES string of the molecule is Cc1nc(COC2CCOC3(C2)CN(C(=O)c2cccc(C#N)c2)C3)cs1. The van der Waals surface area contributed by atoms with Gasteiger partial charge >= 0.3 is 0 Å². The van der Waals surface area contributed by atoms with Crippen LogP contribution in [0.1, 0.15) is 39.5 Å². The highest BCUT2D eigenvalue weighted by Crippen LogP contribution is 2.36. The zero-order valence-corrected chi connectivity index (χ0v) is 16.0. The number of amides is 1. The van der Waals surface area contributed by atoms with Crippen molar-refractivity contribution in [2.45, 2.75) is 38.1 Å². The van der Waals surface area contributed by atoms with E-state index in [1.165, 1.54) is 0 Å². The van der Waals surface area contributed by atoms with Crippen molar-refractivity contribution in [1.82, 2.24) is 9.88 Å². The van der Waals surface area contributed by atoms with Gasteiger partial charge in [0.15, 0.2) is 0 Å². The highest BCUT2D eigenvalue weighted by atomic mass is 32.1. The van der Waals surface area contributed by atoms with Gasteiger partial charge in [0.2, 0.25) is 0 Å². The first kappa shape index (κ1) is 18.1.